The fourth-order valence-electron chi connectivity index (χ4n) is 4.19. The van der Waals surface area contributed by atoms with Crippen molar-refractivity contribution in [1.29, 1.82) is 0 Å². The van der Waals surface area contributed by atoms with Gasteiger partial charge in [0, 0.05) is 18.0 Å². The number of nitrogens with zero attached hydrogens (tertiary/aromatic N) is 3. The first-order valence-corrected chi connectivity index (χ1v) is 12.2. The topological polar surface area (TPSA) is 84.3 Å². The van der Waals surface area contributed by atoms with Crippen molar-refractivity contribution in [1.82, 2.24) is 19.8 Å². The van der Waals surface area contributed by atoms with Crippen LogP contribution in [0.25, 0.3) is 15.9 Å². The number of benzene rings is 1. The number of rotatable bonds is 4. The van der Waals surface area contributed by atoms with Gasteiger partial charge < -0.3 is 5.32 Å². The van der Waals surface area contributed by atoms with Gasteiger partial charge in [-0.3, -0.25) is 19.1 Å². The summed E-state index contributed by atoms with van der Waals surface area (Å²) < 4.78 is 1.61. The molecule has 5 rings (SSSR count). The van der Waals surface area contributed by atoms with Gasteiger partial charge in [-0.05, 0) is 42.9 Å². The summed E-state index contributed by atoms with van der Waals surface area (Å²) in [5.74, 6) is 0.364. The number of nitrogens with one attached hydrogen (secondary N) is 1. The molecule has 1 aliphatic carbocycles. The Morgan fingerprint density at radius 3 is 2.84 bits per heavy atom. The van der Waals surface area contributed by atoms with Crippen molar-refractivity contribution in [3.8, 4) is 5.69 Å². The van der Waals surface area contributed by atoms with Crippen LogP contribution in [0.2, 0.25) is 0 Å². The summed E-state index contributed by atoms with van der Waals surface area (Å²) in [5.41, 5.74) is 1.78. The maximum absolute atomic E-state index is 13.7. The molecule has 1 atom stereocenters. The Kier molecular flexibility index (Phi) is 5.31. The molecule has 1 N–H and O–H groups in total. The molecule has 7 nitrogen and oxygen atoms in total. The Bertz CT molecular complexity index is 1240. The second-order valence-electron chi connectivity index (χ2n) is 7.97. The van der Waals surface area contributed by atoms with Crippen molar-refractivity contribution in [2.75, 3.05) is 18.8 Å². The highest BCUT2D eigenvalue weighted by molar-refractivity contribution is 7.99. The lowest BCUT2D eigenvalue weighted by Gasteiger charge is -2.18. The Morgan fingerprint density at radius 2 is 2.10 bits per heavy atom. The van der Waals surface area contributed by atoms with E-state index in [1.54, 1.807) is 15.9 Å². The minimum absolute atomic E-state index is 0.0420. The van der Waals surface area contributed by atoms with Gasteiger partial charge in [0.2, 0.25) is 5.91 Å². The molecule has 1 fully saturated rings. The largest absolute Gasteiger partial charge is 0.336 e. The van der Waals surface area contributed by atoms with Gasteiger partial charge in [0.1, 0.15) is 4.83 Å². The fourth-order valence-corrected chi connectivity index (χ4v) is 6.50. The van der Waals surface area contributed by atoms with Gasteiger partial charge >= 0.3 is 6.03 Å². The Morgan fingerprint density at radius 1 is 1.29 bits per heavy atom. The van der Waals surface area contributed by atoms with Gasteiger partial charge in [0.25, 0.3) is 5.56 Å². The lowest BCUT2D eigenvalue weighted by atomic mass is 9.89. The van der Waals surface area contributed by atoms with Gasteiger partial charge in [-0.1, -0.05) is 36.9 Å². The SMILES string of the molecule is CC1CCc2c(sc3nc(SCC(=O)N4CCNC4=O)n(-c4ccccc4)c(=O)c23)C1. The van der Waals surface area contributed by atoms with E-state index in [9.17, 15) is 14.4 Å². The van der Waals surface area contributed by atoms with E-state index in [0.29, 0.717) is 29.6 Å². The molecular weight excluding hydrogens is 432 g/mol. The number of fused-ring (bicyclic) bond motifs is 3. The predicted molar refractivity (Wildman–Crippen MR) is 122 cm³/mol. The molecule has 160 valence electrons. The van der Waals surface area contributed by atoms with Crippen LogP contribution in [0.15, 0.2) is 40.3 Å². The second-order valence-corrected chi connectivity index (χ2v) is 9.99. The van der Waals surface area contributed by atoms with E-state index in [1.807, 2.05) is 30.3 Å². The van der Waals surface area contributed by atoms with Crippen LogP contribution in [0.5, 0.6) is 0 Å². The third kappa shape index (κ3) is 3.65. The number of para-hydroxylation sites is 1. The van der Waals surface area contributed by atoms with E-state index in [0.717, 1.165) is 35.3 Å². The van der Waals surface area contributed by atoms with Crippen LogP contribution < -0.4 is 10.9 Å². The zero-order valence-electron chi connectivity index (χ0n) is 17.1. The van der Waals surface area contributed by atoms with E-state index < -0.39 is 0 Å². The lowest BCUT2D eigenvalue weighted by molar-refractivity contribution is -0.124. The summed E-state index contributed by atoms with van der Waals surface area (Å²) in [4.78, 5) is 46.1. The number of urea groups is 1. The van der Waals surface area contributed by atoms with Gasteiger partial charge in [-0.25, -0.2) is 9.78 Å². The van der Waals surface area contributed by atoms with Crippen molar-refractivity contribution in [3.63, 3.8) is 0 Å². The number of thiophene rings is 1. The van der Waals surface area contributed by atoms with Crippen molar-refractivity contribution in [2.45, 2.75) is 31.3 Å². The number of aromatic nitrogens is 2. The minimum Gasteiger partial charge on any atom is -0.336 e. The number of carbonyl (C=O) groups excluding carboxylic acids is 2. The predicted octanol–water partition coefficient (Wildman–Crippen LogP) is 3.22. The molecule has 9 heteroatoms. The average Bonchev–Trinajstić information content (AvgIpc) is 3.35. The zero-order chi connectivity index (χ0) is 21.5. The first-order chi connectivity index (χ1) is 15.0. The van der Waals surface area contributed by atoms with Crippen molar-refractivity contribution in [3.05, 3.63) is 51.1 Å². The number of thioether (sulfide) groups is 1. The number of carbonyl (C=O) groups is 2. The van der Waals surface area contributed by atoms with E-state index in [2.05, 4.69) is 12.2 Å². The summed E-state index contributed by atoms with van der Waals surface area (Å²) in [7, 11) is 0. The van der Waals surface area contributed by atoms with Gasteiger partial charge in [0.05, 0.1) is 16.8 Å². The van der Waals surface area contributed by atoms with Crippen molar-refractivity contribution >= 4 is 45.3 Å². The zero-order valence-corrected chi connectivity index (χ0v) is 18.7. The molecule has 0 bridgehead atoms. The van der Waals surface area contributed by atoms with Crippen LogP contribution >= 0.6 is 23.1 Å². The summed E-state index contributed by atoms with van der Waals surface area (Å²) >= 11 is 2.80. The first kappa shape index (κ1) is 20.3. The van der Waals surface area contributed by atoms with Crippen molar-refractivity contribution < 1.29 is 9.59 Å². The molecule has 3 amide bonds. The number of hydrogen-bond donors (Lipinski definition) is 1. The maximum Gasteiger partial charge on any atom is 0.324 e. The molecular formula is C22H22N4O3S2. The second kappa shape index (κ2) is 8.12. The van der Waals surface area contributed by atoms with Gasteiger partial charge in [0.15, 0.2) is 5.16 Å². The molecule has 2 aromatic heterocycles. The van der Waals surface area contributed by atoms with Crippen LogP contribution in [0, 0.1) is 5.92 Å². The summed E-state index contributed by atoms with van der Waals surface area (Å²) in [5, 5.41) is 3.83. The molecule has 0 radical (unpaired) electrons. The molecule has 2 aliphatic rings. The third-order valence-electron chi connectivity index (χ3n) is 5.80. The van der Waals surface area contributed by atoms with Crippen LogP contribution in [0.4, 0.5) is 4.79 Å². The Hall–Kier alpha value is -2.65. The number of aryl methyl sites for hydroxylation is 1. The number of hydrogen-bond acceptors (Lipinski definition) is 6. The summed E-state index contributed by atoms with van der Waals surface area (Å²) in [6.45, 7) is 3.07. The Labute approximate surface area is 187 Å². The minimum atomic E-state index is -0.366. The standard InChI is InChI=1S/C22H22N4O3S2/c1-13-7-8-15-16(11-13)31-19-18(15)20(28)26(14-5-3-2-4-6-14)22(24-19)30-12-17(27)25-10-9-23-21(25)29/h2-6,13H,7-12H2,1H3,(H,23,29). The lowest BCUT2D eigenvalue weighted by Crippen LogP contribution is -2.35. The van der Waals surface area contributed by atoms with Crippen LogP contribution in [-0.4, -0.2) is 45.2 Å². The van der Waals surface area contributed by atoms with E-state index in [1.165, 1.54) is 21.5 Å². The highest BCUT2D eigenvalue weighted by atomic mass is 32.2. The molecule has 31 heavy (non-hydrogen) atoms. The monoisotopic (exact) mass is 454 g/mol. The average molecular weight is 455 g/mol. The van der Waals surface area contributed by atoms with Crippen molar-refractivity contribution in [2.24, 2.45) is 5.92 Å². The van der Waals surface area contributed by atoms with Crippen LogP contribution in [-0.2, 0) is 17.6 Å². The van der Waals surface area contributed by atoms with E-state index in [4.69, 9.17) is 4.98 Å². The highest BCUT2D eigenvalue weighted by Gasteiger charge is 2.28. The summed E-state index contributed by atoms with van der Waals surface area (Å²) in [6.07, 6.45) is 2.95. The molecule has 1 aromatic carbocycles. The highest BCUT2D eigenvalue weighted by Crippen LogP contribution is 2.37. The maximum atomic E-state index is 13.7. The first-order valence-electron chi connectivity index (χ1n) is 10.4. The molecule has 0 spiro atoms. The fraction of sp³-hybridized carbons (Fsp3) is 0.364. The molecule has 1 aliphatic heterocycles. The van der Waals surface area contributed by atoms with Crippen LogP contribution in [0.1, 0.15) is 23.8 Å². The number of amides is 3. The molecule has 1 unspecified atom stereocenters. The van der Waals surface area contributed by atoms with E-state index in [-0.39, 0.29) is 23.3 Å². The summed E-state index contributed by atoms with van der Waals surface area (Å²) in [6, 6.07) is 9.03. The molecule has 1 saturated heterocycles. The smallest absolute Gasteiger partial charge is 0.324 e. The van der Waals surface area contributed by atoms with Gasteiger partial charge in [-0.15, -0.1) is 11.3 Å². The molecule has 0 saturated carbocycles. The van der Waals surface area contributed by atoms with E-state index >= 15 is 0 Å². The number of imide groups is 1. The van der Waals surface area contributed by atoms with Gasteiger partial charge in [-0.2, -0.15) is 0 Å². The van der Waals surface area contributed by atoms with Crippen LogP contribution in [0.3, 0.4) is 0 Å². The Balaban J connectivity index is 1.58. The normalized spacial score (nSPS) is 18.3. The molecule has 3 heterocycles. The molecule has 3 aromatic rings. The quantitative estimate of drug-likeness (QED) is 0.483. The third-order valence-corrected chi connectivity index (χ3v) is 7.87.